The molecule has 0 spiro atoms. The smallest absolute Gasteiger partial charge is 0.235 e. The van der Waals surface area contributed by atoms with Crippen LogP contribution in [0.2, 0.25) is 0 Å². The van der Waals surface area contributed by atoms with Crippen LogP contribution in [0.15, 0.2) is 0 Å². The molecule has 5 nitrogen and oxygen atoms in total. The van der Waals surface area contributed by atoms with E-state index in [1.54, 1.807) is 0 Å². The number of rotatable bonds is 4. The van der Waals surface area contributed by atoms with E-state index in [2.05, 4.69) is 0 Å². The van der Waals surface area contributed by atoms with Crippen molar-refractivity contribution in [1.29, 1.82) is 0 Å². The van der Waals surface area contributed by atoms with E-state index in [0.29, 0.717) is 6.54 Å². The number of hydrogen-bond donors (Lipinski definition) is 2. The summed E-state index contributed by atoms with van der Waals surface area (Å²) in [5.41, 5.74) is -0.746. The first-order valence-electron chi connectivity index (χ1n) is 9.15. The molecule has 2 bridgehead atoms. The maximum Gasteiger partial charge on any atom is 0.235 e. The largest absolute Gasteiger partial charge is 0.385 e. The summed E-state index contributed by atoms with van der Waals surface area (Å²) in [5, 5.41) is 10.4. The lowest BCUT2D eigenvalue weighted by molar-refractivity contribution is -0.907. The first kappa shape index (κ1) is 16.9. The quantitative estimate of drug-likeness (QED) is 0.728. The molecule has 2 aliphatic heterocycles. The highest BCUT2D eigenvalue weighted by Gasteiger charge is 2.64. The van der Waals surface area contributed by atoms with Crippen LogP contribution < -0.4 is 4.90 Å². The summed E-state index contributed by atoms with van der Waals surface area (Å²) in [4.78, 5) is 28.5. The van der Waals surface area contributed by atoms with E-state index in [1.165, 1.54) is 29.1 Å². The predicted molar refractivity (Wildman–Crippen MR) is 86.8 cm³/mol. The fourth-order valence-corrected chi connectivity index (χ4v) is 4.94. The van der Waals surface area contributed by atoms with Crippen LogP contribution >= 0.6 is 0 Å². The number of quaternary nitrogens is 1. The van der Waals surface area contributed by atoms with Gasteiger partial charge in [-0.25, -0.2) is 0 Å². The standard InChI is InChI=1S/C18H30N2O3/c1-17(2)14-7-8-18(17,3)16(23)20(15(14)22)12-13(21)11-19-9-5-4-6-10-19/h13-14,21H,4-12H2,1-3H3/p+1/t13-,14+,18-/m1/s1. The lowest BCUT2D eigenvalue weighted by Crippen LogP contribution is -3.14. The lowest BCUT2D eigenvalue weighted by atomic mass is 9.62. The third-order valence-corrected chi connectivity index (χ3v) is 6.99. The number of nitrogens with zero attached hydrogens (tertiary/aromatic N) is 1. The number of imide groups is 1. The molecule has 3 fully saturated rings. The molecule has 2 heterocycles. The molecule has 0 aromatic carbocycles. The van der Waals surface area contributed by atoms with Crippen LogP contribution in [0.4, 0.5) is 0 Å². The van der Waals surface area contributed by atoms with Gasteiger partial charge in [0.15, 0.2) is 0 Å². The summed E-state index contributed by atoms with van der Waals surface area (Å²) in [6.45, 7) is 9.08. The van der Waals surface area contributed by atoms with Gasteiger partial charge in [0.05, 0.1) is 25.0 Å². The summed E-state index contributed by atoms with van der Waals surface area (Å²) in [6.07, 6.45) is 4.64. The van der Waals surface area contributed by atoms with Crippen LogP contribution in [0, 0.1) is 16.7 Å². The number of likely N-dealkylation sites (tertiary alicyclic amines) is 2. The summed E-state index contributed by atoms with van der Waals surface area (Å²) < 4.78 is 0. The zero-order chi connectivity index (χ0) is 16.8. The van der Waals surface area contributed by atoms with Crippen molar-refractivity contribution < 1.29 is 19.6 Å². The molecular formula is C18H31N2O3+. The highest BCUT2D eigenvalue weighted by Crippen LogP contribution is 2.59. The van der Waals surface area contributed by atoms with Crippen LogP contribution in [0.1, 0.15) is 52.9 Å². The van der Waals surface area contributed by atoms with Crippen molar-refractivity contribution in [3.63, 3.8) is 0 Å². The second kappa shape index (κ2) is 5.85. The number of β-amino-alcohol motifs (C(OH)–C–C–N with tert-alkyl or cyclic N) is 1. The van der Waals surface area contributed by atoms with E-state index in [1.807, 2.05) is 20.8 Å². The molecule has 0 aromatic heterocycles. The number of hydrogen-bond acceptors (Lipinski definition) is 3. The van der Waals surface area contributed by atoms with Gasteiger partial charge in [0, 0.05) is 5.92 Å². The van der Waals surface area contributed by atoms with Crippen molar-refractivity contribution in [3.8, 4) is 0 Å². The average Bonchev–Trinajstić information content (AvgIpc) is 2.70. The number of aliphatic hydroxyl groups excluding tert-OH is 1. The fraction of sp³-hybridized carbons (Fsp3) is 0.889. The van der Waals surface area contributed by atoms with Gasteiger partial charge in [-0.15, -0.1) is 0 Å². The summed E-state index contributed by atoms with van der Waals surface area (Å²) in [7, 11) is 0. The molecule has 3 atom stereocenters. The lowest BCUT2D eigenvalue weighted by Gasteiger charge is -2.48. The minimum atomic E-state index is -0.611. The Balaban J connectivity index is 1.68. The Morgan fingerprint density at radius 2 is 1.87 bits per heavy atom. The van der Waals surface area contributed by atoms with Gasteiger partial charge in [0.1, 0.15) is 12.6 Å². The highest BCUT2D eigenvalue weighted by molar-refractivity contribution is 6.03. The van der Waals surface area contributed by atoms with Crippen molar-refractivity contribution in [2.45, 2.75) is 59.0 Å². The minimum absolute atomic E-state index is 0.0670. The van der Waals surface area contributed by atoms with Crippen LogP contribution in [0.25, 0.3) is 0 Å². The van der Waals surface area contributed by atoms with Crippen LogP contribution in [0.5, 0.6) is 0 Å². The van der Waals surface area contributed by atoms with Gasteiger partial charge in [0.25, 0.3) is 0 Å². The summed E-state index contributed by atoms with van der Waals surface area (Å²) in [6, 6.07) is 0. The van der Waals surface area contributed by atoms with Crippen molar-refractivity contribution in [1.82, 2.24) is 4.90 Å². The summed E-state index contributed by atoms with van der Waals surface area (Å²) in [5.74, 6) is -0.226. The monoisotopic (exact) mass is 323 g/mol. The van der Waals surface area contributed by atoms with E-state index in [0.717, 1.165) is 25.9 Å². The van der Waals surface area contributed by atoms with Crippen LogP contribution in [0.3, 0.4) is 0 Å². The number of fused-ring (bicyclic) bond motifs is 2. The Bertz CT molecular complexity index is 498. The summed E-state index contributed by atoms with van der Waals surface area (Å²) >= 11 is 0. The van der Waals surface area contributed by atoms with E-state index >= 15 is 0 Å². The molecule has 2 saturated heterocycles. The maximum absolute atomic E-state index is 12.9. The molecule has 3 rings (SSSR count). The number of amides is 2. The maximum atomic E-state index is 12.9. The first-order chi connectivity index (χ1) is 10.8. The van der Waals surface area contributed by atoms with Gasteiger partial charge in [0.2, 0.25) is 11.8 Å². The number of carbonyl (C=O) groups excluding carboxylic acids is 2. The number of nitrogens with one attached hydrogen (secondary N) is 1. The minimum Gasteiger partial charge on any atom is -0.385 e. The fourth-order valence-electron chi connectivity index (χ4n) is 4.94. The van der Waals surface area contributed by atoms with Gasteiger partial charge in [-0.3, -0.25) is 14.5 Å². The Kier molecular flexibility index (Phi) is 4.30. The Hall–Kier alpha value is -0.940. The molecule has 0 unspecified atom stereocenters. The average molecular weight is 323 g/mol. The van der Waals surface area contributed by atoms with Gasteiger partial charge in [-0.2, -0.15) is 0 Å². The third kappa shape index (κ3) is 2.62. The van der Waals surface area contributed by atoms with E-state index in [9.17, 15) is 14.7 Å². The van der Waals surface area contributed by atoms with Crippen molar-refractivity contribution in [2.24, 2.45) is 16.7 Å². The van der Waals surface area contributed by atoms with Gasteiger partial charge in [-0.1, -0.05) is 20.8 Å². The van der Waals surface area contributed by atoms with Crippen molar-refractivity contribution in [2.75, 3.05) is 26.2 Å². The highest BCUT2D eigenvalue weighted by atomic mass is 16.3. The SMILES string of the molecule is CC1(C)[C@H]2CC[C@]1(C)C(=O)N(C[C@H](O)C[NH+]1CCCCC1)C2=O. The first-order valence-corrected chi connectivity index (χ1v) is 9.15. The van der Waals surface area contributed by atoms with Crippen LogP contribution in [-0.2, 0) is 9.59 Å². The zero-order valence-electron chi connectivity index (χ0n) is 14.7. The number of aliphatic hydroxyl groups is 1. The van der Waals surface area contributed by atoms with Crippen molar-refractivity contribution in [3.05, 3.63) is 0 Å². The van der Waals surface area contributed by atoms with Gasteiger partial charge < -0.3 is 10.0 Å². The molecule has 2 N–H and O–H groups in total. The molecule has 1 aliphatic carbocycles. The molecule has 5 heteroatoms. The molecule has 23 heavy (non-hydrogen) atoms. The zero-order valence-corrected chi connectivity index (χ0v) is 14.7. The second-order valence-electron chi connectivity index (χ2n) is 8.57. The third-order valence-electron chi connectivity index (χ3n) is 6.99. The van der Waals surface area contributed by atoms with Crippen LogP contribution in [-0.4, -0.2) is 54.1 Å². The molecule has 2 amide bonds. The Morgan fingerprint density at radius 1 is 1.22 bits per heavy atom. The molecule has 0 aromatic rings. The molecule has 1 saturated carbocycles. The van der Waals surface area contributed by atoms with E-state index in [4.69, 9.17) is 0 Å². The normalized spacial score (nSPS) is 35.7. The van der Waals surface area contributed by atoms with Crippen molar-refractivity contribution >= 4 is 11.8 Å². The number of carbonyl (C=O) groups is 2. The topological polar surface area (TPSA) is 62.1 Å². The Labute approximate surface area is 139 Å². The number of piperidine rings is 2. The van der Waals surface area contributed by atoms with E-state index in [-0.39, 0.29) is 29.7 Å². The van der Waals surface area contributed by atoms with E-state index < -0.39 is 11.5 Å². The molecule has 3 aliphatic rings. The molecule has 0 radical (unpaired) electrons. The molecule has 130 valence electrons. The van der Waals surface area contributed by atoms with Gasteiger partial charge >= 0.3 is 0 Å². The second-order valence-corrected chi connectivity index (χ2v) is 8.57. The molecular weight excluding hydrogens is 292 g/mol. The predicted octanol–water partition coefficient (Wildman–Crippen LogP) is 0.227. The Morgan fingerprint density at radius 3 is 2.52 bits per heavy atom. The van der Waals surface area contributed by atoms with Gasteiger partial charge in [-0.05, 0) is 37.5 Å².